The Morgan fingerprint density at radius 3 is 2.53 bits per heavy atom. The number of halogens is 1. The highest BCUT2D eigenvalue weighted by atomic mass is 19.1. The monoisotopic (exact) mass is 497 g/mol. The fourth-order valence-corrected chi connectivity index (χ4v) is 4.15. The molecular weight excluding hydrogens is 461 g/mol. The van der Waals surface area contributed by atoms with Gasteiger partial charge in [-0.05, 0) is 75.2 Å². The molecule has 8 heteroatoms. The van der Waals surface area contributed by atoms with Crippen molar-refractivity contribution in [3.05, 3.63) is 77.6 Å². The van der Waals surface area contributed by atoms with Crippen LogP contribution < -0.4 is 10.1 Å². The highest BCUT2D eigenvalue weighted by Gasteiger charge is 2.28. The fraction of sp³-hybridized carbons (Fsp3) is 0.429. The van der Waals surface area contributed by atoms with E-state index in [0.29, 0.717) is 48.6 Å². The summed E-state index contributed by atoms with van der Waals surface area (Å²) in [6.45, 7) is 13.1. The van der Waals surface area contributed by atoms with Crippen LogP contribution in [0.15, 0.2) is 55.1 Å². The number of hydrogen-bond donors (Lipinski definition) is 2. The van der Waals surface area contributed by atoms with E-state index in [0.717, 1.165) is 0 Å². The van der Waals surface area contributed by atoms with Gasteiger partial charge in [0.25, 0.3) is 5.91 Å². The van der Waals surface area contributed by atoms with Gasteiger partial charge in [0.05, 0.1) is 5.60 Å². The van der Waals surface area contributed by atoms with Crippen molar-refractivity contribution in [1.29, 1.82) is 0 Å². The van der Waals surface area contributed by atoms with E-state index >= 15 is 0 Å². The molecule has 2 N–H and O–H groups in total. The average Bonchev–Trinajstić information content (AvgIpc) is 2.83. The van der Waals surface area contributed by atoms with Gasteiger partial charge in [-0.15, -0.1) is 0 Å². The first-order valence-corrected chi connectivity index (χ1v) is 12.2. The van der Waals surface area contributed by atoms with Gasteiger partial charge < -0.3 is 20.1 Å². The quantitative estimate of drug-likeness (QED) is 0.519. The van der Waals surface area contributed by atoms with E-state index in [1.807, 2.05) is 13.0 Å². The van der Waals surface area contributed by atoms with Gasteiger partial charge in [0.2, 0.25) is 5.91 Å². The number of rotatable bonds is 9. The van der Waals surface area contributed by atoms with Gasteiger partial charge in [-0.1, -0.05) is 18.7 Å². The van der Waals surface area contributed by atoms with Crippen molar-refractivity contribution in [2.45, 2.75) is 45.4 Å². The molecule has 0 radical (unpaired) electrons. The van der Waals surface area contributed by atoms with Crippen molar-refractivity contribution in [1.82, 2.24) is 15.1 Å². The van der Waals surface area contributed by atoms with E-state index in [9.17, 15) is 19.1 Å². The Bertz CT molecular complexity index is 1080. The predicted molar refractivity (Wildman–Crippen MR) is 137 cm³/mol. The number of carbonyl (C=O) groups excluding carboxylic acids is 2. The van der Waals surface area contributed by atoms with E-state index in [2.05, 4.69) is 16.8 Å². The van der Waals surface area contributed by atoms with Crippen LogP contribution in [0.25, 0.3) is 0 Å². The molecule has 0 unspecified atom stereocenters. The molecule has 36 heavy (non-hydrogen) atoms. The van der Waals surface area contributed by atoms with Crippen LogP contribution in [0, 0.1) is 12.7 Å². The molecule has 1 aliphatic heterocycles. The predicted octanol–water partition coefficient (Wildman–Crippen LogP) is 3.47. The smallest absolute Gasteiger partial charge is 0.251 e. The fourth-order valence-electron chi connectivity index (χ4n) is 4.15. The number of nitrogens with zero attached hydrogens (tertiary/aromatic N) is 2. The molecule has 2 atom stereocenters. The minimum atomic E-state index is -1.00. The van der Waals surface area contributed by atoms with Gasteiger partial charge in [-0.3, -0.25) is 14.5 Å². The molecule has 1 saturated heterocycles. The van der Waals surface area contributed by atoms with Crippen molar-refractivity contribution in [2.75, 3.05) is 32.7 Å². The summed E-state index contributed by atoms with van der Waals surface area (Å²) in [4.78, 5) is 28.5. The van der Waals surface area contributed by atoms with E-state index in [-0.39, 0.29) is 30.2 Å². The molecule has 1 aliphatic rings. The van der Waals surface area contributed by atoms with E-state index in [1.54, 1.807) is 56.0 Å². The standard InChI is InChI=1S/C28H36FN3O4/c1-6-26(33)32-14-13-31(16-20(32)3)17-25(22-8-7-19(2)24(29)15-22)36-23-11-9-21(10-12-23)27(34)30-18-28(4,5)35/h6-12,15,20,25,35H,1,13-14,16-18H2,2-5H3,(H,30,34)/t20-,25+/m1/s1. The number of aryl methyl sites for hydroxylation is 1. The van der Waals surface area contributed by atoms with E-state index in [4.69, 9.17) is 4.74 Å². The number of hydrogen-bond acceptors (Lipinski definition) is 5. The van der Waals surface area contributed by atoms with Gasteiger partial charge in [0, 0.05) is 44.3 Å². The van der Waals surface area contributed by atoms with Crippen LogP contribution in [0.1, 0.15) is 48.4 Å². The van der Waals surface area contributed by atoms with Gasteiger partial charge >= 0.3 is 0 Å². The molecule has 2 aromatic rings. The summed E-state index contributed by atoms with van der Waals surface area (Å²) in [6.07, 6.45) is 0.880. The number of benzene rings is 2. The Morgan fingerprint density at radius 2 is 1.94 bits per heavy atom. The number of carbonyl (C=O) groups is 2. The maximum absolute atomic E-state index is 14.4. The molecule has 0 aromatic heterocycles. The topological polar surface area (TPSA) is 82.1 Å². The number of ether oxygens (including phenoxy) is 1. The molecule has 2 amide bonds. The van der Waals surface area contributed by atoms with Crippen LogP contribution in [-0.2, 0) is 4.79 Å². The molecule has 0 aliphatic carbocycles. The summed E-state index contributed by atoms with van der Waals surface area (Å²) < 4.78 is 20.7. The van der Waals surface area contributed by atoms with Crippen LogP contribution in [-0.4, -0.2) is 71.1 Å². The highest BCUT2D eigenvalue weighted by Crippen LogP contribution is 2.26. The molecular formula is C28H36FN3O4. The maximum atomic E-state index is 14.4. The zero-order valence-corrected chi connectivity index (χ0v) is 21.5. The van der Waals surface area contributed by atoms with Crippen molar-refractivity contribution in [3.8, 4) is 5.75 Å². The molecule has 1 fully saturated rings. The van der Waals surface area contributed by atoms with Crippen LogP contribution >= 0.6 is 0 Å². The summed E-state index contributed by atoms with van der Waals surface area (Å²) in [5.74, 6) is -0.118. The molecule has 7 nitrogen and oxygen atoms in total. The lowest BCUT2D eigenvalue weighted by molar-refractivity contribution is -0.130. The van der Waals surface area contributed by atoms with Crippen molar-refractivity contribution in [2.24, 2.45) is 0 Å². The second kappa shape index (κ2) is 11.7. The zero-order chi connectivity index (χ0) is 26.5. The molecule has 0 spiro atoms. The third-order valence-electron chi connectivity index (χ3n) is 6.24. The largest absolute Gasteiger partial charge is 0.484 e. The van der Waals surface area contributed by atoms with Crippen molar-refractivity contribution in [3.63, 3.8) is 0 Å². The van der Waals surface area contributed by atoms with E-state index < -0.39 is 11.7 Å². The molecule has 0 bridgehead atoms. The Balaban J connectivity index is 1.74. The lowest BCUT2D eigenvalue weighted by atomic mass is 10.0. The first kappa shape index (κ1) is 27.4. The molecule has 1 heterocycles. The lowest BCUT2D eigenvalue weighted by Gasteiger charge is -2.40. The zero-order valence-electron chi connectivity index (χ0n) is 21.5. The third kappa shape index (κ3) is 7.38. The SMILES string of the molecule is C=CC(=O)N1CCN(C[C@H](Oc2ccc(C(=O)NCC(C)(C)O)cc2)c2ccc(C)c(F)c2)C[C@H]1C. The number of nitrogens with one attached hydrogen (secondary N) is 1. The van der Waals surface area contributed by atoms with Gasteiger partial charge in [-0.25, -0.2) is 4.39 Å². The van der Waals surface area contributed by atoms with Crippen LogP contribution in [0.3, 0.4) is 0 Å². The highest BCUT2D eigenvalue weighted by molar-refractivity contribution is 5.94. The van der Waals surface area contributed by atoms with Gasteiger partial charge in [0.1, 0.15) is 17.7 Å². The maximum Gasteiger partial charge on any atom is 0.251 e. The molecule has 2 aromatic carbocycles. The molecule has 0 saturated carbocycles. The Kier molecular flexibility index (Phi) is 8.87. The van der Waals surface area contributed by atoms with Gasteiger partial charge in [-0.2, -0.15) is 0 Å². The summed E-state index contributed by atoms with van der Waals surface area (Å²) in [5, 5.41) is 12.5. The lowest BCUT2D eigenvalue weighted by Crippen LogP contribution is -2.54. The summed E-state index contributed by atoms with van der Waals surface area (Å²) >= 11 is 0. The van der Waals surface area contributed by atoms with Crippen molar-refractivity contribution >= 4 is 11.8 Å². The number of amides is 2. The normalized spacial score (nSPS) is 17.4. The third-order valence-corrected chi connectivity index (χ3v) is 6.24. The summed E-state index contributed by atoms with van der Waals surface area (Å²) in [7, 11) is 0. The molecule has 194 valence electrons. The summed E-state index contributed by atoms with van der Waals surface area (Å²) in [5.41, 5.74) is 0.713. The second-order valence-electron chi connectivity index (χ2n) is 9.98. The first-order chi connectivity index (χ1) is 17.0. The van der Waals surface area contributed by atoms with Gasteiger partial charge in [0.15, 0.2) is 0 Å². The minimum absolute atomic E-state index is 0.0151. The first-order valence-electron chi connectivity index (χ1n) is 12.2. The molecule has 3 rings (SSSR count). The van der Waals surface area contributed by atoms with Crippen LogP contribution in [0.2, 0.25) is 0 Å². The number of piperazine rings is 1. The van der Waals surface area contributed by atoms with Crippen molar-refractivity contribution < 1.29 is 23.8 Å². The average molecular weight is 498 g/mol. The Hall–Kier alpha value is -3.23. The van der Waals surface area contributed by atoms with E-state index in [1.165, 1.54) is 12.1 Å². The Morgan fingerprint density at radius 1 is 1.25 bits per heavy atom. The second-order valence-corrected chi connectivity index (χ2v) is 9.98. The van der Waals surface area contributed by atoms with Crippen LogP contribution in [0.5, 0.6) is 5.75 Å². The number of aliphatic hydroxyl groups is 1. The van der Waals surface area contributed by atoms with Crippen LogP contribution in [0.4, 0.5) is 4.39 Å². The summed E-state index contributed by atoms with van der Waals surface area (Å²) in [6, 6.07) is 11.8. The Labute approximate surface area is 212 Å². The minimum Gasteiger partial charge on any atom is -0.484 e.